The van der Waals surface area contributed by atoms with Crippen molar-refractivity contribution in [1.29, 1.82) is 0 Å². The standard InChI is InChI=1S/C19H20O7/c1-17-15-13(26-16(17)22)5-9-11(6-12(24-2)10(7-20)14(9)21)18(15)3-4-19(17,23)25-8-18/h6-7,13,15,21,23H,3-5,8H2,1-2H3/t13-,15+,17+,18+,19+/m1/s1. The molecule has 0 aromatic heterocycles. The zero-order chi connectivity index (χ0) is 18.5. The van der Waals surface area contributed by atoms with E-state index in [4.69, 9.17) is 14.2 Å². The lowest BCUT2D eigenvalue weighted by Crippen LogP contribution is -2.71. The molecule has 3 saturated heterocycles. The minimum Gasteiger partial charge on any atom is -0.507 e. The highest BCUT2D eigenvalue weighted by atomic mass is 16.6. The molecule has 138 valence electrons. The number of esters is 1. The molecule has 7 heteroatoms. The van der Waals surface area contributed by atoms with Crippen LogP contribution in [0.2, 0.25) is 0 Å². The maximum atomic E-state index is 12.7. The van der Waals surface area contributed by atoms with Crippen LogP contribution in [-0.4, -0.2) is 48.1 Å². The largest absolute Gasteiger partial charge is 0.507 e. The number of phenols is 1. The molecule has 5 aliphatic rings. The van der Waals surface area contributed by atoms with E-state index >= 15 is 0 Å². The number of methoxy groups -OCH3 is 1. The molecular weight excluding hydrogens is 340 g/mol. The number of benzene rings is 1. The van der Waals surface area contributed by atoms with Gasteiger partial charge in [0, 0.05) is 29.7 Å². The van der Waals surface area contributed by atoms with E-state index in [0.29, 0.717) is 36.9 Å². The topological polar surface area (TPSA) is 102 Å². The third kappa shape index (κ3) is 1.46. The van der Waals surface area contributed by atoms with Gasteiger partial charge in [0.1, 0.15) is 23.0 Å². The predicted octanol–water partition coefficient (Wildman–Crippen LogP) is 1.07. The Morgan fingerprint density at radius 1 is 1.38 bits per heavy atom. The first-order chi connectivity index (χ1) is 12.3. The van der Waals surface area contributed by atoms with Gasteiger partial charge in [0.15, 0.2) is 12.1 Å². The van der Waals surface area contributed by atoms with Gasteiger partial charge in [-0.15, -0.1) is 0 Å². The van der Waals surface area contributed by atoms with E-state index in [1.54, 1.807) is 13.0 Å². The highest BCUT2D eigenvalue weighted by Crippen LogP contribution is 2.69. The Labute approximate surface area is 149 Å². The van der Waals surface area contributed by atoms with Gasteiger partial charge in [-0.25, -0.2) is 0 Å². The van der Waals surface area contributed by atoms with Gasteiger partial charge in [-0.1, -0.05) is 0 Å². The lowest BCUT2D eigenvalue weighted by Gasteiger charge is -2.62. The van der Waals surface area contributed by atoms with E-state index in [0.717, 1.165) is 5.56 Å². The van der Waals surface area contributed by atoms with Gasteiger partial charge >= 0.3 is 5.97 Å². The van der Waals surface area contributed by atoms with Gasteiger partial charge in [-0.3, -0.25) is 9.59 Å². The van der Waals surface area contributed by atoms with E-state index in [9.17, 15) is 19.8 Å². The maximum Gasteiger partial charge on any atom is 0.318 e. The summed E-state index contributed by atoms with van der Waals surface area (Å²) in [5, 5.41) is 21.7. The molecule has 3 heterocycles. The molecule has 2 bridgehead atoms. The first-order valence-electron chi connectivity index (χ1n) is 8.78. The summed E-state index contributed by atoms with van der Waals surface area (Å²) in [5.74, 6) is -2.08. The highest BCUT2D eigenvalue weighted by Gasteiger charge is 2.78. The number of fused-ring (bicyclic) bond motifs is 3. The number of aromatic hydroxyl groups is 1. The molecule has 0 amide bonds. The second-order valence-electron chi connectivity index (χ2n) is 8.04. The highest BCUT2D eigenvalue weighted by molar-refractivity contribution is 5.86. The number of hydrogen-bond acceptors (Lipinski definition) is 7. The SMILES string of the molecule is COc1cc2c(c(O)c1C=O)C[C@H]1OC(=O)[C@]3(C)[C@H]1[C@]21CC[C@]3(O)OC1. The number of aliphatic hydroxyl groups is 1. The monoisotopic (exact) mass is 360 g/mol. The molecule has 1 saturated carbocycles. The van der Waals surface area contributed by atoms with Crippen LogP contribution in [0.4, 0.5) is 0 Å². The Kier molecular flexibility index (Phi) is 2.84. The van der Waals surface area contributed by atoms with Gasteiger partial charge in [0.2, 0.25) is 0 Å². The molecule has 5 atom stereocenters. The Bertz CT molecular complexity index is 852. The molecular formula is C19H20O7. The van der Waals surface area contributed by atoms with Crippen LogP contribution in [0.25, 0.3) is 0 Å². The third-order valence-electron chi connectivity index (χ3n) is 7.25. The molecule has 0 unspecified atom stereocenters. The van der Waals surface area contributed by atoms with Crippen molar-refractivity contribution >= 4 is 12.3 Å². The van der Waals surface area contributed by atoms with E-state index in [2.05, 4.69) is 0 Å². The van der Waals surface area contributed by atoms with Crippen molar-refractivity contribution in [3.63, 3.8) is 0 Å². The Hall–Kier alpha value is -2.12. The van der Waals surface area contributed by atoms with Crippen LogP contribution in [0, 0.1) is 11.3 Å². The van der Waals surface area contributed by atoms with Crippen LogP contribution in [0.5, 0.6) is 11.5 Å². The number of carbonyl (C=O) groups is 2. The molecule has 26 heavy (non-hydrogen) atoms. The fourth-order valence-corrected chi connectivity index (χ4v) is 5.95. The first kappa shape index (κ1) is 16.1. The van der Waals surface area contributed by atoms with Gasteiger partial charge in [-0.05, 0) is 25.0 Å². The molecule has 2 N–H and O–H groups in total. The van der Waals surface area contributed by atoms with Crippen LogP contribution >= 0.6 is 0 Å². The van der Waals surface area contributed by atoms with Crippen molar-refractivity contribution in [1.82, 2.24) is 0 Å². The summed E-state index contributed by atoms with van der Waals surface area (Å²) in [6, 6.07) is 1.78. The van der Waals surface area contributed by atoms with Crippen LogP contribution in [0.1, 0.15) is 41.3 Å². The van der Waals surface area contributed by atoms with E-state index in [-0.39, 0.29) is 23.8 Å². The smallest absolute Gasteiger partial charge is 0.318 e. The molecule has 0 radical (unpaired) electrons. The number of ether oxygens (including phenoxy) is 3. The van der Waals surface area contributed by atoms with Crippen molar-refractivity contribution in [2.45, 2.75) is 43.5 Å². The second-order valence-corrected chi connectivity index (χ2v) is 8.04. The van der Waals surface area contributed by atoms with Gasteiger partial charge in [0.25, 0.3) is 0 Å². The fraction of sp³-hybridized carbons (Fsp3) is 0.579. The number of carbonyl (C=O) groups excluding carboxylic acids is 2. The average Bonchev–Trinajstić information content (AvgIpc) is 2.91. The molecule has 6 rings (SSSR count). The van der Waals surface area contributed by atoms with Gasteiger partial charge in [-0.2, -0.15) is 0 Å². The van der Waals surface area contributed by atoms with Crippen molar-refractivity contribution in [3.05, 3.63) is 22.8 Å². The summed E-state index contributed by atoms with van der Waals surface area (Å²) in [6.07, 6.45) is 1.32. The molecule has 1 aromatic carbocycles. The van der Waals surface area contributed by atoms with Crippen LogP contribution in [-0.2, 0) is 26.1 Å². The lowest BCUT2D eigenvalue weighted by atomic mass is 9.46. The number of rotatable bonds is 2. The van der Waals surface area contributed by atoms with E-state index in [1.165, 1.54) is 7.11 Å². The van der Waals surface area contributed by atoms with Crippen LogP contribution < -0.4 is 4.74 Å². The Morgan fingerprint density at radius 3 is 2.77 bits per heavy atom. The van der Waals surface area contributed by atoms with Crippen molar-refractivity contribution < 1.29 is 34.0 Å². The summed E-state index contributed by atoms with van der Waals surface area (Å²) >= 11 is 0. The van der Waals surface area contributed by atoms with E-state index in [1.807, 2.05) is 0 Å². The molecule has 3 aliphatic heterocycles. The first-order valence-corrected chi connectivity index (χ1v) is 8.78. The Morgan fingerprint density at radius 2 is 2.15 bits per heavy atom. The number of phenolic OH excluding ortho intramolecular Hbond substituents is 1. The van der Waals surface area contributed by atoms with Gasteiger partial charge < -0.3 is 24.4 Å². The van der Waals surface area contributed by atoms with Crippen LogP contribution in [0.3, 0.4) is 0 Å². The van der Waals surface area contributed by atoms with Crippen LogP contribution in [0.15, 0.2) is 6.07 Å². The minimum atomic E-state index is -1.53. The lowest BCUT2D eigenvalue weighted by molar-refractivity contribution is -0.344. The summed E-state index contributed by atoms with van der Waals surface area (Å²) < 4.78 is 16.8. The quantitative estimate of drug-likeness (QED) is 0.601. The van der Waals surface area contributed by atoms with Gasteiger partial charge in [0.05, 0.1) is 19.3 Å². The summed E-state index contributed by atoms with van der Waals surface area (Å²) in [5.41, 5.74) is -0.210. The molecule has 1 spiro atoms. The zero-order valence-electron chi connectivity index (χ0n) is 14.6. The zero-order valence-corrected chi connectivity index (χ0v) is 14.6. The number of hydrogen-bond donors (Lipinski definition) is 2. The Balaban J connectivity index is 1.81. The average molecular weight is 360 g/mol. The van der Waals surface area contributed by atoms with Crippen molar-refractivity contribution in [3.8, 4) is 11.5 Å². The number of aldehydes is 1. The summed E-state index contributed by atoms with van der Waals surface area (Å²) in [7, 11) is 1.45. The predicted molar refractivity (Wildman–Crippen MR) is 87.0 cm³/mol. The van der Waals surface area contributed by atoms with E-state index < -0.39 is 28.7 Å². The second kappa shape index (κ2) is 4.58. The summed E-state index contributed by atoms with van der Waals surface area (Å²) in [4.78, 5) is 24.2. The molecule has 7 nitrogen and oxygen atoms in total. The fourth-order valence-electron chi connectivity index (χ4n) is 5.95. The molecule has 1 aromatic rings. The summed E-state index contributed by atoms with van der Waals surface area (Å²) in [6.45, 7) is 1.95. The third-order valence-corrected chi connectivity index (χ3v) is 7.25. The van der Waals surface area contributed by atoms with Crippen molar-refractivity contribution in [2.75, 3.05) is 13.7 Å². The minimum absolute atomic E-state index is 0.0947. The maximum absolute atomic E-state index is 12.7. The van der Waals surface area contributed by atoms with Crippen molar-refractivity contribution in [2.24, 2.45) is 11.3 Å². The molecule has 2 aliphatic carbocycles. The normalized spacial score (nSPS) is 42.0. The molecule has 4 fully saturated rings.